The second-order valence-electron chi connectivity index (χ2n) is 5.30. The molecule has 6 heteroatoms. The number of thioether (sulfide) groups is 1. The smallest absolute Gasteiger partial charge is 0.338 e. The Bertz CT molecular complexity index is 674. The van der Waals surface area contributed by atoms with Crippen molar-refractivity contribution in [1.82, 2.24) is 5.32 Å². The van der Waals surface area contributed by atoms with E-state index in [4.69, 9.17) is 9.84 Å². The van der Waals surface area contributed by atoms with Gasteiger partial charge in [0.05, 0.1) is 12.2 Å². The van der Waals surface area contributed by atoms with E-state index < -0.39 is 5.97 Å². The van der Waals surface area contributed by atoms with E-state index >= 15 is 0 Å². The van der Waals surface area contributed by atoms with Crippen molar-refractivity contribution < 1.29 is 19.4 Å². The minimum absolute atomic E-state index is 0.0830. The molecule has 2 aromatic rings. The van der Waals surface area contributed by atoms with Crippen molar-refractivity contribution in [2.45, 2.75) is 17.9 Å². The van der Waals surface area contributed by atoms with Gasteiger partial charge in [-0.05, 0) is 42.0 Å². The predicted octanol–water partition coefficient (Wildman–Crippen LogP) is 2.63. The Morgan fingerprint density at radius 3 is 2.44 bits per heavy atom. The number of hydrogen-bond donors (Lipinski definition) is 2. The third-order valence-corrected chi connectivity index (χ3v) is 4.46. The zero-order valence-corrected chi connectivity index (χ0v) is 14.6. The van der Waals surface area contributed by atoms with Gasteiger partial charge in [-0.2, -0.15) is 0 Å². The number of amides is 1. The molecule has 0 fully saturated rings. The van der Waals surface area contributed by atoms with Crippen molar-refractivity contribution in [3.05, 3.63) is 65.7 Å². The zero-order valence-electron chi connectivity index (χ0n) is 13.8. The van der Waals surface area contributed by atoms with E-state index in [0.29, 0.717) is 17.7 Å². The molecule has 0 saturated heterocycles. The van der Waals surface area contributed by atoms with Crippen LogP contribution in [-0.4, -0.2) is 35.9 Å². The number of rotatable bonds is 9. The van der Waals surface area contributed by atoms with Crippen LogP contribution in [0.4, 0.5) is 0 Å². The normalized spacial score (nSPS) is 10.3. The molecule has 0 heterocycles. The Balaban J connectivity index is 1.59. The fourth-order valence-corrected chi connectivity index (χ4v) is 2.89. The van der Waals surface area contributed by atoms with Crippen LogP contribution in [0.5, 0.6) is 0 Å². The molecule has 0 radical (unpaired) electrons. The summed E-state index contributed by atoms with van der Waals surface area (Å²) < 4.78 is 4.97. The van der Waals surface area contributed by atoms with Crippen LogP contribution in [0.25, 0.3) is 0 Å². The lowest BCUT2D eigenvalue weighted by atomic mass is 10.1. The highest BCUT2D eigenvalue weighted by Crippen LogP contribution is 2.17. The number of carbonyl (C=O) groups excluding carboxylic acids is 2. The molecule has 5 nitrogen and oxygen atoms in total. The molecule has 0 atom stereocenters. The van der Waals surface area contributed by atoms with Crippen molar-refractivity contribution in [2.75, 3.05) is 18.9 Å². The van der Waals surface area contributed by atoms with Gasteiger partial charge in [-0.25, -0.2) is 4.79 Å². The fraction of sp³-hybridized carbons (Fsp3) is 0.263. The minimum atomic E-state index is -0.556. The molecule has 1 amide bonds. The highest BCUT2D eigenvalue weighted by Gasteiger charge is 2.09. The number of ether oxygens (including phenoxy) is 1. The lowest BCUT2D eigenvalue weighted by Crippen LogP contribution is -2.29. The number of nitrogens with one attached hydrogen (secondary N) is 1. The molecule has 2 rings (SSSR count). The van der Waals surface area contributed by atoms with Crippen LogP contribution in [0, 0.1) is 0 Å². The monoisotopic (exact) mass is 359 g/mol. The molecule has 25 heavy (non-hydrogen) atoms. The first kappa shape index (κ1) is 19.0. The first-order chi connectivity index (χ1) is 12.2. The maximum absolute atomic E-state index is 11.8. The first-order valence-corrected chi connectivity index (χ1v) is 8.99. The third kappa shape index (κ3) is 6.99. The second kappa shape index (κ2) is 10.5. The summed E-state index contributed by atoms with van der Waals surface area (Å²) in [7, 11) is 0. The van der Waals surface area contributed by atoms with Crippen LogP contribution in [0.2, 0.25) is 0 Å². The summed E-state index contributed by atoms with van der Waals surface area (Å²) in [6.07, 6.45) is 0.835. The summed E-state index contributed by atoms with van der Waals surface area (Å²) >= 11 is 1.74. The Labute approximate surface area is 151 Å². The molecule has 2 aromatic carbocycles. The second-order valence-corrected chi connectivity index (χ2v) is 6.46. The summed E-state index contributed by atoms with van der Waals surface area (Å²) in [6, 6.07) is 16.5. The van der Waals surface area contributed by atoms with E-state index in [0.717, 1.165) is 12.2 Å². The topological polar surface area (TPSA) is 75.6 Å². The summed E-state index contributed by atoms with van der Waals surface area (Å²) in [5.74, 6) is 0.0330. The zero-order chi connectivity index (χ0) is 17.9. The lowest BCUT2D eigenvalue weighted by Gasteiger charge is -2.07. The standard InChI is InChI=1S/C19H21NO4S/c21-13-15-7-9-16(10-8-15)19(23)24-14-18(22)20-11-4-12-25-17-5-2-1-3-6-17/h1-3,5-10,21H,4,11-14H2,(H,20,22). The molecule has 0 unspecified atom stereocenters. The quantitative estimate of drug-likeness (QED) is 0.409. The SMILES string of the molecule is O=C(COC(=O)c1ccc(CO)cc1)NCCCSc1ccccc1. The van der Waals surface area contributed by atoms with Crippen LogP contribution in [0.3, 0.4) is 0 Å². The molecule has 0 aliphatic carbocycles. The highest BCUT2D eigenvalue weighted by molar-refractivity contribution is 7.99. The maximum atomic E-state index is 11.8. The van der Waals surface area contributed by atoms with Gasteiger partial charge in [0, 0.05) is 11.4 Å². The average molecular weight is 359 g/mol. The molecular weight excluding hydrogens is 338 g/mol. The lowest BCUT2D eigenvalue weighted by molar-refractivity contribution is -0.124. The van der Waals surface area contributed by atoms with Gasteiger partial charge in [0.15, 0.2) is 6.61 Å². The van der Waals surface area contributed by atoms with E-state index in [1.807, 2.05) is 18.2 Å². The van der Waals surface area contributed by atoms with E-state index in [1.54, 1.807) is 36.0 Å². The molecule has 0 spiro atoms. The van der Waals surface area contributed by atoms with E-state index in [-0.39, 0.29) is 19.1 Å². The number of hydrogen-bond acceptors (Lipinski definition) is 5. The van der Waals surface area contributed by atoms with E-state index in [9.17, 15) is 9.59 Å². The van der Waals surface area contributed by atoms with Crippen molar-refractivity contribution in [3.63, 3.8) is 0 Å². The fourth-order valence-electron chi connectivity index (χ4n) is 2.02. The van der Waals surface area contributed by atoms with Gasteiger partial charge in [0.1, 0.15) is 0 Å². The minimum Gasteiger partial charge on any atom is -0.452 e. The van der Waals surface area contributed by atoms with Crippen LogP contribution in [-0.2, 0) is 16.1 Å². The van der Waals surface area contributed by atoms with E-state index in [1.165, 1.54) is 4.90 Å². The number of aliphatic hydroxyl groups is 1. The Hall–Kier alpha value is -2.31. The highest BCUT2D eigenvalue weighted by atomic mass is 32.2. The maximum Gasteiger partial charge on any atom is 0.338 e. The first-order valence-electron chi connectivity index (χ1n) is 8.00. The Morgan fingerprint density at radius 1 is 1.04 bits per heavy atom. The molecule has 0 saturated carbocycles. The van der Waals surface area contributed by atoms with Gasteiger partial charge >= 0.3 is 5.97 Å². The molecular formula is C19H21NO4S. The van der Waals surface area contributed by atoms with Crippen molar-refractivity contribution >= 4 is 23.6 Å². The van der Waals surface area contributed by atoms with Gasteiger partial charge in [0.2, 0.25) is 0 Å². The third-order valence-electron chi connectivity index (χ3n) is 3.36. The summed E-state index contributed by atoms with van der Waals surface area (Å²) in [4.78, 5) is 24.7. The number of benzene rings is 2. The van der Waals surface area contributed by atoms with Crippen LogP contribution < -0.4 is 5.32 Å². The molecule has 0 bridgehead atoms. The summed E-state index contributed by atoms with van der Waals surface area (Å²) in [5.41, 5.74) is 1.06. The number of esters is 1. The Kier molecular flexibility index (Phi) is 8.01. The molecule has 0 aliphatic heterocycles. The van der Waals surface area contributed by atoms with Crippen molar-refractivity contribution in [2.24, 2.45) is 0 Å². The molecule has 2 N–H and O–H groups in total. The summed E-state index contributed by atoms with van der Waals surface area (Å²) in [6.45, 7) is 0.161. The van der Waals surface area contributed by atoms with Crippen LogP contribution in [0.1, 0.15) is 22.3 Å². The Morgan fingerprint density at radius 2 is 1.76 bits per heavy atom. The van der Waals surface area contributed by atoms with Crippen molar-refractivity contribution in [3.8, 4) is 0 Å². The van der Waals surface area contributed by atoms with Crippen molar-refractivity contribution in [1.29, 1.82) is 0 Å². The largest absolute Gasteiger partial charge is 0.452 e. The number of carbonyl (C=O) groups is 2. The number of aliphatic hydroxyl groups excluding tert-OH is 1. The van der Waals surface area contributed by atoms with E-state index in [2.05, 4.69) is 17.4 Å². The van der Waals surface area contributed by atoms with Crippen LogP contribution in [0.15, 0.2) is 59.5 Å². The molecule has 0 aliphatic rings. The molecule has 0 aromatic heterocycles. The molecule has 132 valence electrons. The van der Waals surface area contributed by atoms with Gasteiger partial charge in [0.25, 0.3) is 5.91 Å². The summed E-state index contributed by atoms with van der Waals surface area (Å²) in [5, 5.41) is 11.7. The van der Waals surface area contributed by atoms with Gasteiger partial charge in [-0.3, -0.25) is 4.79 Å². The van der Waals surface area contributed by atoms with Gasteiger partial charge in [-0.15, -0.1) is 11.8 Å². The van der Waals surface area contributed by atoms with Gasteiger partial charge in [-0.1, -0.05) is 30.3 Å². The van der Waals surface area contributed by atoms with Gasteiger partial charge < -0.3 is 15.2 Å². The average Bonchev–Trinajstić information content (AvgIpc) is 2.66. The van der Waals surface area contributed by atoms with Crippen LogP contribution >= 0.6 is 11.8 Å². The predicted molar refractivity (Wildman–Crippen MR) is 97.4 cm³/mol.